The van der Waals surface area contributed by atoms with Crippen LogP contribution < -0.4 is 20.1 Å². The van der Waals surface area contributed by atoms with Gasteiger partial charge in [-0.2, -0.15) is 0 Å². The van der Waals surface area contributed by atoms with Gasteiger partial charge < -0.3 is 20.1 Å². The predicted molar refractivity (Wildman–Crippen MR) is 110 cm³/mol. The molecule has 3 rings (SSSR count). The van der Waals surface area contributed by atoms with Gasteiger partial charge in [0.1, 0.15) is 17.3 Å². The van der Waals surface area contributed by atoms with Crippen LogP contribution in [0, 0.1) is 0 Å². The summed E-state index contributed by atoms with van der Waals surface area (Å²) in [5.41, 5.74) is 1.47. The number of rotatable bonds is 9. The molecule has 1 aromatic heterocycles. The van der Waals surface area contributed by atoms with E-state index in [2.05, 4.69) is 15.6 Å². The Kier molecular flexibility index (Phi) is 6.84. The van der Waals surface area contributed by atoms with Crippen LogP contribution in [0.5, 0.6) is 11.5 Å². The first kappa shape index (κ1) is 19.2. The van der Waals surface area contributed by atoms with Crippen LogP contribution in [0.25, 0.3) is 0 Å². The molecule has 2 aromatic carbocycles. The molecular weight excluding hydrogens is 354 g/mol. The number of carbonyl (C=O) groups excluding carboxylic acids is 1. The van der Waals surface area contributed by atoms with Gasteiger partial charge >= 0.3 is 0 Å². The molecule has 0 aliphatic carbocycles. The van der Waals surface area contributed by atoms with Crippen molar-refractivity contribution in [2.45, 2.75) is 13.3 Å². The van der Waals surface area contributed by atoms with Crippen molar-refractivity contribution in [3.05, 3.63) is 72.9 Å². The van der Waals surface area contributed by atoms with Crippen LogP contribution in [0.2, 0.25) is 0 Å². The first-order valence-electron chi connectivity index (χ1n) is 9.17. The molecule has 0 unspecified atom stereocenters. The van der Waals surface area contributed by atoms with Crippen LogP contribution in [0.15, 0.2) is 72.9 Å². The zero-order chi connectivity index (χ0) is 19.6. The Balaban J connectivity index is 1.49. The summed E-state index contributed by atoms with van der Waals surface area (Å²) in [6, 6.07) is 20.7. The van der Waals surface area contributed by atoms with E-state index in [0.29, 0.717) is 24.7 Å². The van der Waals surface area contributed by atoms with Crippen molar-refractivity contribution < 1.29 is 14.3 Å². The molecule has 1 amide bonds. The number of aromatic nitrogens is 1. The van der Waals surface area contributed by atoms with E-state index in [0.717, 1.165) is 17.2 Å². The van der Waals surface area contributed by atoms with E-state index in [9.17, 15) is 4.79 Å². The van der Waals surface area contributed by atoms with Gasteiger partial charge in [0.2, 0.25) is 5.91 Å². The van der Waals surface area contributed by atoms with E-state index in [1.165, 1.54) is 0 Å². The normalized spacial score (nSPS) is 10.2. The number of pyridine rings is 1. The fraction of sp³-hybridized carbons (Fsp3) is 0.182. The maximum atomic E-state index is 12.0. The highest BCUT2D eigenvalue weighted by Gasteiger charge is 2.06. The molecule has 6 nitrogen and oxygen atoms in total. The van der Waals surface area contributed by atoms with E-state index in [1.54, 1.807) is 18.3 Å². The van der Waals surface area contributed by atoms with E-state index in [-0.39, 0.29) is 12.3 Å². The summed E-state index contributed by atoms with van der Waals surface area (Å²) in [5, 5.41) is 6.04. The minimum absolute atomic E-state index is 0.125. The highest BCUT2D eigenvalue weighted by Crippen LogP contribution is 2.26. The molecule has 0 saturated carbocycles. The highest BCUT2D eigenvalue weighted by atomic mass is 16.5. The monoisotopic (exact) mass is 377 g/mol. The number of carbonyl (C=O) groups is 1. The number of amides is 1. The van der Waals surface area contributed by atoms with Crippen molar-refractivity contribution in [2.24, 2.45) is 0 Å². The Morgan fingerprint density at radius 2 is 1.75 bits per heavy atom. The standard InChI is InChI=1S/C22H23N3O3/c1-2-27-20-11-7-6-10-19(20)25-21-13-12-17(16-23-21)24-22(26)14-15-28-18-8-4-3-5-9-18/h3-13,16H,2,14-15H2,1H3,(H,23,25)(H,24,26). The van der Waals surface area contributed by atoms with Gasteiger partial charge in [0, 0.05) is 0 Å². The molecule has 0 aliphatic rings. The maximum Gasteiger partial charge on any atom is 0.227 e. The SMILES string of the molecule is CCOc1ccccc1Nc1ccc(NC(=O)CCOc2ccccc2)cn1. The first-order valence-corrected chi connectivity index (χ1v) is 9.17. The van der Waals surface area contributed by atoms with Gasteiger partial charge in [-0.3, -0.25) is 4.79 Å². The molecule has 28 heavy (non-hydrogen) atoms. The second-order valence-corrected chi connectivity index (χ2v) is 5.95. The number of nitrogens with one attached hydrogen (secondary N) is 2. The molecule has 6 heteroatoms. The van der Waals surface area contributed by atoms with Crippen LogP contribution in [-0.2, 0) is 4.79 Å². The van der Waals surface area contributed by atoms with Crippen molar-refractivity contribution >= 4 is 23.1 Å². The molecule has 0 saturated heterocycles. The molecule has 0 radical (unpaired) electrons. The van der Waals surface area contributed by atoms with Crippen molar-refractivity contribution in [3.8, 4) is 11.5 Å². The lowest BCUT2D eigenvalue weighted by Gasteiger charge is -2.12. The lowest BCUT2D eigenvalue weighted by molar-refractivity contribution is -0.116. The summed E-state index contributed by atoms with van der Waals surface area (Å²) in [6.45, 7) is 2.85. The quantitative estimate of drug-likeness (QED) is 0.569. The molecule has 0 aliphatic heterocycles. The van der Waals surface area contributed by atoms with E-state index < -0.39 is 0 Å². The molecule has 144 valence electrons. The van der Waals surface area contributed by atoms with Crippen LogP contribution in [0.4, 0.5) is 17.2 Å². The van der Waals surface area contributed by atoms with E-state index >= 15 is 0 Å². The van der Waals surface area contributed by atoms with Gasteiger partial charge in [0.05, 0.1) is 37.2 Å². The van der Waals surface area contributed by atoms with Crippen LogP contribution >= 0.6 is 0 Å². The highest BCUT2D eigenvalue weighted by molar-refractivity contribution is 5.90. The fourth-order valence-electron chi connectivity index (χ4n) is 2.53. The second-order valence-electron chi connectivity index (χ2n) is 5.95. The number of hydrogen-bond acceptors (Lipinski definition) is 5. The van der Waals surface area contributed by atoms with Gasteiger partial charge in [0.25, 0.3) is 0 Å². The summed E-state index contributed by atoms with van der Waals surface area (Å²) in [6.07, 6.45) is 1.87. The molecule has 0 atom stereocenters. The second kappa shape index (κ2) is 9.97. The number of benzene rings is 2. The lowest BCUT2D eigenvalue weighted by Crippen LogP contribution is -2.15. The number of ether oxygens (including phenoxy) is 2. The van der Waals surface area contributed by atoms with Crippen LogP contribution in [0.1, 0.15) is 13.3 Å². The van der Waals surface area contributed by atoms with Gasteiger partial charge in [0.15, 0.2) is 0 Å². The minimum Gasteiger partial charge on any atom is -0.493 e. The Morgan fingerprint density at radius 3 is 2.50 bits per heavy atom. The molecule has 0 bridgehead atoms. The summed E-state index contributed by atoms with van der Waals surface area (Å²) >= 11 is 0. The lowest BCUT2D eigenvalue weighted by atomic mass is 10.3. The predicted octanol–water partition coefficient (Wildman–Crippen LogP) is 4.63. The zero-order valence-corrected chi connectivity index (χ0v) is 15.7. The fourth-order valence-corrected chi connectivity index (χ4v) is 2.53. The van der Waals surface area contributed by atoms with E-state index in [4.69, 9.17) is 9.47 Å². The molecule has 3 aromatic rings. The average molecular weight is 377 g/mol. The molecule has 2 N–H and O–H groups in total. The van der Waals surface area contributed by atoms with Crippen molar-refractivity contribution in [1.82, 2.24) is 4.98 Å². The molecule has 0 fully saturated rings. The Morgan fingerprint density at radius 1 is 0.964 bits per heavy atom. The third-order valence-electron chi connectivity index (χ3n) is 3.84. The zero-order valence-electron chi connectivity index (χ0n) is 15.7. The van der Waals surface area contributed by atoms with Crippen molar-refractivity contribution in [1.29, 1.82) is 0 Å². The van der Waals surface area contributed by atoms with Crippen molar-refractivity contribution in [2.75, 3.05) is 23.8 Å². The van der Waals surface area contributed by atoms with E-state index in [1.807, 2.05) is 61.5 Å². The average Bonchev–Trinajstić information content (AvgIpc) is 2.72. The smallest absolute Gasteiger partial charge is 0.227 e. The molecular formula is C22H23N3O3. The Labute approximate surface area is 164 Å². The largest absolute Gasteiger partial charge is 0.493 e. The first-order chi connectivity index (χ1) is 13.7. The maximum absolute atomic E-state index is 12.0. The third-order valence-corrected chi connectivity index (χ3v) is 3.84. The van der Waals surface area contributed by atoms with Crippen LogP contribution in [0.3, 0.4) is 0 Å². The summed E-state index contributed by atoms with van der Waals surface area (Å²) in [7, 11) is 0. The summed E-state index contributed by atoms with van der Waals surface area (Å²) in [5.74, 6) is 2.06. The van der Waals surface area contributed by atoms with Gasteiger partial charge in [-0.25, -0.2) is 4.98 Å². The third kappa shape index (κ3) is 5.74. The van der Waals surface area contributed by atoms with Gasteiger partial charge in [-0.1, -0.05) is 30.3 Å². The van der Waals surface area contributed by atoms with Crippen molar-refractivity contribution in [3.63, 3.8) is 0 Å². The Bertz CT molecular complexity index is 883. The topological polar surface area (TPSA) is 72.5 Å². The number of nitrogens with zero attached hydrogens (tertiary/aromatic N) is 1. The molecule has 1 heterocycles. The number of anilines is 3. The number of hydrogen-bond donors (Lipinski definition) is 2. The minimum atomic E-state index is -0.125. The van der Waals surface area contributed by atoms with Gasteiger partial charge in [-0.15, -0.1) is 0 Å². The Hall–Kier alpha value is -3.54. The summed E-state index contributed by atoms with van der Waals surface area (Å²) in [4.78, 5) is 16.4. The number of para-hydroxylation sites is 3. The summed E-state index contributed by atoms with van der Waals surface area (Å²) < 4.78 is 11.1. The molecule has 0 spiro atoms. The van der Waals surface area contributed by atoms with Crippen LogP contribution in [-0.4, -0.2) is 24.1 Å². The van der Waals surface area contributed by atoms with Gasteiger partial charge in [-0.05, 0) is 43.3 Å².